The number of anilines is 2. The molecule has 0 unspecified atom stereocenters. The molecular formula is C14H20N4O2. The molecule has 3 N–H and O–H groups in total. The number of aromatic nitrogens is 2. The summed E-state index contributed by atoms with van der Waals surface area (Å²) in [4.78, 5) is 0. The molecule has 0 aliphatic carbocycles. The van der Waals surface area contributed by atoms with Gasteiger partial charge in [-0.1, -0.05) is 6.07 Å². The first-order chi connectivity index (χ1) is 9.56. The summed E-state index contributed by atoms with van der Waals surface area (Å²) in [6.07, 6.45) is 0. The lowest BCUT2D eigenvalue weighted by Crippen LogP contribution is -2.06. The van der Waals surface area contributed by atoms with Crippen molar-refractivity contribution in [3.63, 3.8) is 0 Å². The van der Waals surface area contributed by atoms with Crippen LogP contribution in [0, 0.1) is 6.92 Å². The summed E-state index contributed by atoms with van der Waals surface area (Å²) >= 11 is 0. The number of benzene rings is 1. The molecule has 2 aromatic rings. The molecule has 0 aliphatic rings. The monoisotopic (exact) mass is 276 g/mol. The number of aryl methyl sites for hydroxylation is 2. The molecule has 0 aliphatic heterocycles. The van der Waals surface area contributed by atoms with Crippen molar-refractivity contribution < 1.29 is 9.47 Å². The van der Waals surface area contributed by atoms with Gasteiger partial charge in [0, 0.05) is 13.6 Å². The Kier molecular flexibility index (Phi) is 4.02. The first-order valence-corrected chi connectivity index (χ1v) is 6.30. The maximum absolute atomic E-state index is 5.98. The molecule has 0 saturated heterocycles. The molecule has 0 bridgehead atoms. The number of nitrogens with zero attached hydrogens (tertiary/aromatic N) is 2. The second-order valence-electron chi connectivity index (χ2n) is 4.51. The highest BCUT2D eigenvalue weighted by Gasteiger charge is 2.10. The van der Waals surface area contributed by atoms with Gasteiger partial charge in [0.2, 0.25) is 0 Å². The number of ether oxygens (including phenoxy) is 2. The summed E-state index contributed by atoms with van der Waals surface area (Å²) in [6, 6.07) is 5.80. The minimum absolute atomic E-state index is 0.628. The van der Waals surface area contributed by atoms with Gasteiger partial charge in [-0.3, -0.25) is 4.68 Å². The van der Waals surface area contributed by atoms with E-state index in [9.17, 15) is 0 Å². The van der Waals surface area contributed by atoms with Crippen LogP contribution in [0.1, 0.15) is 11.3 Å². The van der Waals surface area contributed by atoms with Gasteiger partial charge in [0.05, 0.1) is 25.6 Å². The van der Waals surface area contributed by atoms with E-state index in [1.807, 2.05) is 32.2 Å². The normalized spacial score (nSPS) is 10.4. The van der Waals surface area contributed by atoms with E-state index >= 15 is 0 Å². The van der Waals surface area contributed by atoms with Gasteiger partial charge in [-0.15, -0.1) is 0 Å². The molecular weight excluding hydrogens is 256 g/mol. The van der Waals surface area contributed by atoms with Gasteiger partial charge in [-0.05, 0) is 24.6 Å². The summed E-state index contributed by atoms with van der Waals surface area (Å²) in [5.74, 6) is 2.24. The second-order valence-corrected chi connectivity index (χ2v) is 4.51. The Morgan fingerprint density at radius 1 is 1.25 bits per heavy atom. The molecule has 0 spiro atoms. The predicted octanol–water partition coefficient (Wildman–Crippen LogP) is 1.94. The molecule has 2 rings (SSSR count). The Labute approximate surface area is 118 Å². The van der Waals surface area contributed by atoms with Crippen molar-refractivity contribution in [2.24, 2.45) is 7.05 Å². The zero-order valence-electron chi connectivity index (χ0n) is 12.2. The quantitative estimate of drug-likeness (QED) is 0.873. The molecule has 1 aromatic heterocycles. The van der Waals surface area contributed by atoms with E-state index < -0.39 is 0 Å². The summed E-state index contributed by atoms with van der Waals surface area (Å²) in [5.41, 5.74) is 8.54. The average Bonchev–Trinajstić information content (AvgIpc) is 2.70. The van der Waals surface area contributed by atoms with Crippen molar-refractivity contribution in [3.05, 3.63) is 29.5 Å². The SMILES string of the molecule is COc1ccc(CNc2c(N)c(C)nn2C)cc1OC. The van der Waals surface area contributed by atoms with E-state index in [0.29, 0.717) is 23.7 Å². The Bertz CT molecular complexity index is 607. The fourth-order valence-corrected chi connectivity index (χ4v) is 2.06. The molecule has 0 atom stereocenters. The number of hydrogen-bond acceptors (Lipinski definition) is 5. The number of nitrogens with one attached hydrogen (secondary N) is 1. The Balaban J connectivity index is 2.15. The molecule has 0 amide bonds. The van der Waals surface area contributed by atoms with Crippen LogP contribution in [0.15, 0.2) is 18.2 Å². The van der Waals surface area contributed by atoms with Gasteiger partial charge >= 0.3 is 0 Å². The molecule has 0 fully saturated rings. The fraction of sp³-hybridized carbons (Fsp3) is 0.357. The Morgan fingerprint density at radius 3 is 2.50 bits per heavy atom. The van der Waals surface area contributed by atoms with E-state index in [1.165, 1.54) is 0 Å². The first-order valence-electron chi connectivity index (χ1n) is 6.30. The first kappa shape index (κ1) is 14.0. The largest absolute Gasteiger partial charge is 0.493 e. The van der Waals surface area contributed by atoms with E-state index in [1.54, 1.807) is 18.9 Å². The number of nitrogens with two attached hydrogens (primary N) is 1. The number of nitrogen functional groups attached to an aromatic ring is 1. The summed E-state index contributed by atoms with van der Waals surface area (Å²) in [7, 11) is 5.10. The summed E-state index contributed by atoms with van der Waals surface area (Å²) in [6.45, 7) is 2.51. The lowest BCUT2D eigenvalue weighted by molar-refractivity contribution is 0.354. The summed E-state index contributed by atoms with van der Waals surface area (Å²) in [5, 5.41) is 7.55. The van der Waals surface area contributed by atoms with Crippen LogP contribution in [0.4, 0.5) is 11.5 Å². The van der Waals surface area contributed by atoms with Crippen LogP contribution in [0.3, 0.4) is 0 Å². The zero-order chi connectivity index (χ0) is 14.7. The van der Waals surface area contributed by atoms with Crippen LogP contribution in [0.2, 0.25) is 0 Å². The van der Waals surface area contributed by atoms with Crippen LogP contribution >= 0.6 is 0 Å². The lowest BCUT2D eigenvalue weighted by atomic mass is 10.2. The van der Waals surface area contributed by atoms with E-state index in [-0.39, 0.29) is 0 Å². The molecule has 20 heavy (non-hydrogen) atoms. The van der Waals surface area contributed by atoms with Gasteiger partial charge in [-0.2, -0.15) is 5.10 Å². The predicted molar refractivity (Wildman–Crippen MR) is 79.2 cm³/mol. The van der Waals surface area contributed by atoms with Crippen molar-refractivity contribution in [1.82, 2.24) is 9.78 Å². The van der Waals surface area contributed by atoms with Crippen molar-refractivity contribution in [2.75, 3.05) is 25.3 Å². The number of rotatable bonds is 5. The third-order valence-electron chi connectivity index (χ3n) is 3.18. The molecule has 0 radical (unpaired) electrons. The highest BCUT2D eigenvalue weighted by atomic mass is 16.5. The van der Waals surface area contributed by atoms with Crippen LogP contribution in [0.5, 0.6) is 11.5 Å². The van der Waals surface area contributed by atoms with Gasteiger partial charge in [0.1, 0.15) is 5.82 Å². The molecule has 0 saturated carbocycles. The summed E-state index contributed by atoms with van der Waals surface area (Å²) < 4.78 is 12.2. The van der Waals surface area contributed by atoms with Crippen molar-refractivity contribution >= 4 is 11.5 Å². The Morgan fingerprint density at radius 2 is 1.95 bits per heavy atom. The third kappa shape index (κ3) is 2.64. The van der Waals surface area contributed by atoms with Crippen LogP contribution in [-0.2, 0) is 13.6 Å². The van der Waals surface area contributed by atoms with E-state index in [4.69, 9.17) is 15.2 Å². The van der Waals surface area contributed by atoms with Gasteiger partial charge in [0.15, 0.2) is 11.5 Å². The number of hydrogen-bond donors (Lipinski definition) is 2. The van der Waals surface area contributed by atoms with Crippen LogP contribution < -0.4 is 20.5 Å². The van der Waals surface area contributed by atoms with E-state index in [0.717, 1.165) is 17.1 Å². The zero-order valence-corrected chi connectivity index (χ0v) is 12.2. The van der Waals surface area contributed by atoms with Gasteiger partial charge < -0.3 is 20.5 Å². The topological polar surface area (TPSA) is 74.3 Å². The minimum Gasteiger partial charge on any atom is -0.493 e. The highest BCUT2D eigenvalue weighted by Crippen LogP contribution is 2.28. The van der Waals surface area contributed by atoms with Gasteiger partial charge in [-0.25, -0.2) is 0 Å². The molecule has 1 aromatic carbocycles. The van der Waals surface area contributed by atoms with Gasteiger partial charge in [0.25, 0.3) is 0 Å². The van der Waals surface area contributed by atoms with Crippen LogP contribution in [-0.4, -0.2) is 24.0 Å². The Hall–Kier alpha value is -2.37. The minimum atomic E-state index is 0.628. The molecule has 108 valence electrons. The fourth-order valence-electron chi connectivity index (χ4n) is 2.06. The molecule has 1 heterocycles. The van der Waals surface area contributed by atoms with E-state index in [2.05, 4.69) is 10.4 Å². The number of methoxy groups -OCH3 is 2. The van der Waals surface area contributed by atoms with Crippen molar-refractivity contribution in [2.45, 2.75) is 13.5 Å². The average molecular weight is 276 g/mol. The maximum Gasteiger partial charge on any atom is 0.161 e. The highest BCUT2D eigenvalue weighted by molar-refractivity contribution is 5.64. The maximum atomic E-state index is 5.98. The second kappa shape index (κ2) is 5.73. The van der Waals surface area contributed by atoms with Crippen molar-refractivity contribution in [3.8, 4) is 11.5 Å². The van der Waals surface area contributed by atoms with Crippen LogP contribution in [0.25, 0.3) is 0 Å². The van der Waals surface area contributed by atoms with Crippen molar-refractivity contribution in [1.29, 1.82) is 0 Å². The standard InChI is InChI=1S/C14H20N4O2/c1-9-13(15)14(18(2)17-9)16-8-10-5-6-11(19-3)12(7-10)20-4/h5-7,16H,8,15H2,1-4H3. The third-order valence-corrected chi connectivity index (χ3v) is 3.18. The lowest BCUT2D eigenvalue weighted by Gasteiger charge is -2.11. The molecule has 6 heteroatoms. The smallest absolute Gasteiger partial charge is 0.161 e. The molecule has 6 nitrogen and oxygen atoms in total.